The highest BCUT2D eigenvalue weighted by Gasteiger charge is 2.15. The maximum absolute atomic E-state index is 11.7. The first-order valence-corrected chi connectivity index (χ1v) is 17.0. The van der Waals surface area contributed by atoms with Crippen molar-refractivity contribution in [2.24, 2.45) is 0 Å². The van der Waals surface area contributed by atoms with Crippen molar-refractivity contribution in [3.63, 3.8) is 0 Å². The first kappa shape index (κ1) is 41.2. The number of amides is 1. The van der Waals surface area contributed by atoms with Crippen molar-refractivity contribution in [2.45, 2.75) is 144 Å². The molecular weight excluding hydrogens is 534 g/mol. The topological polar surface area (TPSA) is 113 Å². The number of carbonyl (C=O) groups is 1. The molecule has 1 amide bonds. The Bertz CT molecular complexity index is 718. The second-order valence-corrected chi connectivity index (χ2v) is 10.9. The van der Waals surface area contributed by atoms with Gasteiger partial charge in [0.25, 0.3) is 0 Å². The third-order valence-electron chi connectivity index (χ3n) is 5.65. The van der Waals surface area contributed by atoms with Gasteiger partial charge >= 0.3 is 6.09 Å². The molecule has 0 radical (unpaired) electrons. The average Bonchev–Trinajstić information content (AvgIpc) is 2.95. The normalized spacial score (nSPS) is 10.5. The van der Waals surface area contributed by atoms with Crippen molar-refractivity contribution < 1.29 is 9.53 Å². The number of anilines is 3. The zero-order chi connectivity index (χ0) is 31.2. The molecule has 4 N–H and O–H groups in total. The van der Waals surface area contributed by atoms with Gasteiger partial charge < -0.3 is 26.0 Å². The lowest BCUT2D eigenvalue weighted by molar-refractivity contribution is 0.0527. The molecule has 0 aliphatic carbocycles. The van der Waals surface area contributed by atoms with Crippen LogP contribution in [0.5, 0.6) is 0 Å². The third-order valence-corrected chi connectivity index (χ3v) is 5.87. The summed E-state index contributed by atoms with van der Waals surface area (Å²) in [6.07, 6.45) is 16.3. The Morgan fingerprint density at radius 2 is 1.02 bits per heavy atom. The average molecular weight is 600 g/mol. The lowest BCUT2D eigenvalue weighted by Gasteiger charge is -2.19. The molecule has 0 bridgehead atoms. The minimum absolute atomic E-state index is 0.407. The van der Waals surface area contributed by atoms with Crippen LogP contribution in [-0.2, 0) is 4.74 Å². The van der Waals surface area contributed by atoms with Gasteiger partial charge in [0.05, 0.1) is 0 Å². The van der Waals surface area contributed by atoms with Gasteiger partial charge in [-0.05, 0) is 33.6 Å². The molecule has 0 aliphatic heterocycles. The van der Waals surface area contributed by atoms with E-state index < -0.39 is 11.7 Å². The van der Waals surface area contributed by atoms with Crippen LogP contribution >= 0.6 is 12.6 Å². The zero-order valence-corrected chi connectivity index (χ0v) is 28.7. The molecule has 41 heavy (non-hydrogen) atoms. The van der Waals surface area contributed by atoms with E-state index in [4.69, 9.17) is 4.74 Å². The predicted octanol–water partition coefficient (Wildman–Crippen LogP) is 8.71. The van der Waals surface area contributed by atoms with E-state index in [1.165, 1.54) is 70.6 Å². The Morgan fingerprint density at radius 3 is 1.44 bits per heavy atom. The lowest BCUT2D eigenvalue weighted by atomic mass is 10.1. The smallest absolute Gasteiger partial charge is 0.407 e. The molecule has 0 saturated carbocycles. The first-order valence-electron chi connectivity index (χ1n) is 16.4. The molecular formula is C31H65N7O2S. The molecule has 1 aromatic heterocycles. The summed E-state index contributed by atoms with van der Waals surface area (Å²) in [6.45, 7) is 18.4. The van der Waals surface area contributed by atoms with E-state index in [1.807, 2.05) is 48.5 Å². The number of nitrogens with zero attached hydrogens (tertiary/aromatic N) is 3. The standard InChI is InChI=1S/C27H53N7O2S.2C2H6/c1-5-6-7-8-9-10-11-12-13-14-15-16-18-28-23-32-24(34-25(33-23)30-21-22-37)29-19-17-20-31-26(35)36-27(2,3)4;2*1-2/h37H,5-22H2,1-4H3,(H,31,35)(H3,28,29,30,32,33,34);2*1-2H3. The quantitative estimate of drug-likeness (QED) is 0.0664. The van der Waals surface area contributed by atoms with E-state index in [2.05, 4.69) is 55.8 Å². The summed E-state index contributed by atoms with van der Waals surface area (Å²) in [6, 6.07) is 0. The van der Waals surface area contributed by atoms with Crippen LogP contribution in [0.1, 0.15) is 139 Å². The summed E-state index contributed by atoms with van der Waals surface area (Å²) < 4.78 is 5.24. The Morgan fingerprint density at radius 1 is 0.634 bits per heavy atom. The van der Waals surface area contributed by atoms with Crippen LogP contribution in [0.4, 0.5) is 22.6 Å². The van der Waals surface area contributed by atoms with Crippen LogP contribution in [0.2, 0.25) is 0 Å². The summed E-state index contributed by atoms with van der Waals surface area (Å²) >= 11 is 4.25. The maximum atomic E-state index is 11.7. The molecule has 242 valence electrons. The maximum Gasteiger partial charge on any atom is 0.407 e. The molecule has 0 atom stereocenters. The van der Waals surface area contributed by atoms with Crippen molar-refractivity contribution in [3.8, 4) is 0 Å². The van der Waals surface area contributed by atoms with E-state index in [1.54, 1.807) is 0 Å². The summed E-state index contributed by atoms with van der Waals surface area (Å²) in [5, 5.41) is 12.5. The number of aromatic nitrogens is 3. The van der Waals surface area contributed by atoms with Gasteiger partial charge in [-0.2, -0.15) is 27.6 Å². The fourth-order valence-corrected chi connectivity index (χ4v) is 3.85. The Balaban J connectivity index is 0. The molecule has 9 nitrogen and oxygen atoms in total. The summed E-state index contributed by atoms with van der Waals surface area (Å²) in [5.74, 6) is 2.28. The molecule has 0 unspecified atom stereocenters. The van der Waals surface area contributed by atoms with E-state index in [0.717, 1.165) is 13.0 Å². The van der Waals surface area contributed by atoms with Crippen LogP contribution in [-0.4, -0.2) is 58.6 Å². The van der Waals surface area contributed by atoms with E-state index in [9.17, 15) is 4.79 Å². The highest BCUT2D eigenvalue weighted by atomic mass is 32.1. The molecule has 0 saturated heterocycles. The monoisotopic (exact) mass is 599 g/mol. The van der Waals surface area contributed by atoms with E-state index in [0.29, 0.717) is 49.7 Å². The number of thiol groups is 1. The lowest BCUT2D eigenvalue weighted by Crippen LogP contribution is -2.33. The van der Waals surface area contributed by atoms with Gasteiger partial charge in [0.1, 0.15) is 5.60 Å². The van der Waals surface area contributed by atoms with Crippen LogP contribution in [0.15, 0.2) is 0 Å². The number of nitrogens with one attached hydrogen (secondary N) is 4. The fraction of sp³-hybridized carbons (Fsp3) is 0.871. The van der Waals surface area contributed by atoms with E-state index in [-0.39, 0.29) is 0 Å². The molecule has 0 aromatic carbocycles. The van der Waals surface area contributed by atoms with Gasteiger partial charge in [-0.15, -0.1) is 0 Å². The van der Waals surface area contributed by atoms with Gasteiger partial charge in [-0.1, -0.05) is 105 Å². The first-order chi connectivity index (χ1) is 19.8. The van der Waals surface area contributed by atoms with Gasteiger partial charge in [0.15, 0.2) is 0 Å². The van der Waals surface area contributed by atoms with Gasteiger partial charge in [-0.3, -0.25) is 0 Å². The number of ether oxygens (including phenoxy) is 1. The minimum atomic E-state index is -0.500. The number of hydrogen-bond donors (Lipinski definition) is 5. The number of rotatable bonds is 22. The van der Waals surface area contributed by atoms with Crippen LogP contribution in [0.25, 0.3) is 0 Å². The Hall–Kier alpha value is -1.97. The summed E-state index contributed by atoms with van der Waals surface area (Å²) in [4.78, 5) is 25.1. The second-order valence-electron chi connectivity index (χ2n) is 10.5. The molecule has 0 aliphatic rings. The second kappa shape index (κ2) is 29.5. The SMILES string of the molecule is CC.CC.CCCCCCCCCCCCCCNc1nc(NCCS)nc(NCCCNC(=O)OC(C)(C)C)n1. The number of unbranched alkanes of at least 4 members (excludes halogenated alkanes) is 11. The largest absolute Gasteiger partial charge is 0.444 e. The van der Waals surface area contributed by atoms with Crippen molar-refractivity contribution in [1.82, 2.24) is 20.3 Å². The van der Waals surface area contributed by atoms with Gasteiger partial charge in [0, 0.05) is 31.9 Å². The minimum Gasteiger partial charge on any atom is -0.444 e. The number of carbonyl (C=O) groups excluding carboxylic acids is 1. The van der Waals surface area contributed by atoms with Gasteiger partial charge in [0.2, 0.25) is 17.8 Å². The zero-order valence-electron chi connectivity index (χ0n) is 27.8. The number of hydrogen-bond acceptors (Lipinski definition) is 9. The highest BCUT2D eigenvalue weighted by Crippen LogP contribution is 2.13. The Kier molecular flexibility index (Phi) is 29.6. The molecule has 10 heteroatoms. The van der Waals surface area contributed by atoms with E-state index >= 15 is 0 Å². The molecule has 0 fully saturated rings. The van der Waals surface area contributed by atoms with Crippen molar-refractivity contribution in [1.29, 1.82) is 0 Å². The molecule has 0 spiro atoms. The van der Waals surface area contributed by atoms with Gasteiger partial charge in [-0.25, -0.2) is 4.79 Å². The summed E-state index contributed by atoms with van der Waals surface area (Å²) in [7, 11) is 0. The predicted molar refractivity (Wildman–Crippen MR) is 182 cm³/mol. The fourth-order valence-electron chi connectivity index (χ4n) is 3.74. The molecule has 1 rings (SSSR count). The summed E-state index contributed by atoms with van der Waals surface area (Å²) in [5.41, 5.74) is -0.500. The highest BCUT2D eigenvalue weighted by molar-refractivity contribution is 7.80. The van der Waals surface area contributed by atoms with Crippen LogP contribution in [0.3, 0.4) is 0 Å². The Labute approximate surface area is 258 Å². The third kappa shape index (κ3) is 27.9. The van der Waals surface area contributed by atoms with Crippen molar-refractivity contribution >= 4 is 36.6 Å². The molecule has 1 aromatic rings. The number of alkyl carbamates (subject to hydrolysis) is 1. The van der Waals surface area contributed by atoms with Crippen molar-refractivity contribution in [3.05, 3.63) is 0 Å². The van der Waals surface area contributed by atoms with Crippen LogP contribution in [0, 0.1) is 0 Å². The molecule has 1 heterocycles. The van der Waals surface area contributed by atoms with Crippen molar-refractivity contribution in [2.75, 3.05) is 47.9 Å². The van der Waals surface area contributed by atoms with Crippen LogP contribution < -0.4 is 21.3 Å².